The van der Waals surface area contributed by atoms with Crippen LogP contribution in [0.3, 0.4) is 0 Å². The molecule has 29 heteroatoms. The van der Waals surface area contributed by atoms with Gasteiger partial charge < -0.3 is 84.3 Å². The molecule has 4 amide bonds. The molecule has 26 N–H and O–H groups in total. The van der Waals surface area contributed by atoms with E-state index in [1.165, 1.54) is 6.92 Å². The first-order valence-corrected chi connectivity index (χ1v) is 25.5. The lowest BCUT2D eigenvalue weighted by atomic mass is 9.88. The highest BCUT2D eigenvalue weighted by atomic mass is 16.2. The number of ketones is 4. The maximum atomic E-state index is 14.6. The molecule has 0 rings (SSSR count). The summed E-state index contributed by atoms with van der Waals surface area (Å²) in [4.78, 5) is 134. The smallest absolute Gasteiger partial charge is 0.224 e. The predicted octanol–water partition coefficient (Wildman–Crippen LogP) is -4.05. The highest BCUT2D eigenvalue weighted by Crippen LogP contribution is 2.21. The number of guanidine groups is 5. The summed E-state index contributed by atoms with van der Waals surface area (Å²) in [5, 5.41) is 10.9. The van der Waals surface area contributed by atoms with Gasteiger partial charge in [-0.05, 0) is 84.0 Å². The van der Waals surface area contributed by atoms with E-state index in [1.807, 2.05) is 0 Å². The van der Waals surface area contributed by atoms with Crippen molar-refractivity contribution in [2.45, 2.75) is 142 Å². The molecule has 0 aliphatic rings. The average Bonchev–Trinajstić information content (AvgIpc) is 3.32. The van der Waals surface area contributed by atoms with Gasteiger partial charge in [0.15, 0.2) is 52.9 Å². The number of carbonyl (C=O) groups is 8. The Morgan fingerprint density at radius 2 is 0.645 bits per heavy atom. The molecule has 0 aliphatic carbocycles. The minimum absolute atomic E-state index is 0.00470. The topological polar surface area (TPSA) is 545 Å². The Morgan fingerprint density at radius 3 is 0.921 bits per heavy atom. The summed E-state index contributed by atoms with van der Waals surface area (Å²) in [6.45, 7) is 6.79. The summed E-state index contributed by atoms with van der Waals surface area (Å²) in [5.74, 6) is -8.27. The number of nitrogens with one attached hydrogen (secondary N) is 4. The zero-order valence-electron chi connectivity index (χ0n) is 44.9. The Morgan fingerprint density at radius 1 is 0.368 bits per heavy atom. The Kier molecular flexibility index (Phi) is 35.0. The minimum Gasteiger partial charge on any atom is -0.388 e. The van der Waals surface area contributed by atoms with E-state index >= 15 is 0 Å². The van der Waals surface area contributed by atoms with Gasteiger partial charge in [-0.25, -0.2) is 0 Å². The lowest BCUT2D eigenvalue weighted by Gasteiger charge is -2.26. The maximum absolute atomic E-state index is 14.6. The third-order valence-electron chi connectivity index (χ3n) is 11.6. The molecule has 0 bridgehead atoms. The normalized spacial score (nSPS) is 13.5. The van der Waals surface area contributed by atoms with E-state index in [4.69, 9.17) is 63.1 Å². The van der Waals surface area contributed by atoms with Crippen molar-refractivity contribution < 1.29 is 38.4 Å². The zero-order chi connectivity index (χ0) is 57.8. The number of hydrogen-bond donors (Lipinski definition) is 15. The van der Waals surface area contributed by atoms with E-state index < -0.39 is 83.3 Å². The molecule has 0 heterocycles. The Balaban J connectivity index is 7.18. The van der Waals surface area contributed by atoms with E-state index in [2.05, 4.69) is 51.2 Å². The molecule has 76 heavy (non-hydrogen) atoms. The van der Waals surface area contributed by atoms with Crippen LogP contribution in [0.15, 0.2) is 30.0 Å². The molecule has 29 nitrogen and oxygen atoms in total. The van der Waals surface area contributed by atoms with Crippen molar-refractivity contribution in [1.82, 2.24) is 21.3 Å². The second kappa shape index (κ2) is 38.9. The highest BCUT2D eigenvalue weighted by molar-refractivity contribution is 5.97. The lowest BCUT2D eigenvalue weighted by molar-refractivity contribution is -0.136. The molecule has 6 atom stereocenters. The van der Waals surface area contributed by atoms with Crippen molar-refractivity contribution >= 4 is 82.4 Å². The standard InChI is InChI=1S/C47H89N21O8/c1-27(2)39(73)26-65-40(74)30(11-5-18-60-43(49)50)23-37(71)34(15-9-21-63-46(55)56)67-42(76)32(13-7-20-62-45(53)54)25-38(72)35(16-10-22-64-47(57)58)68-41(75)31(12-6-19-61-44(51)52)24-36(70)33(66-29(4)69)14-8-17-59-28(3)48/h27,30-35H,5-26H2,1-4H3,(H2,48,59)(H,65,74)(H,66,69)(H,67,76)(H,68,75)(H4,49,50,60)(H4,51,52,61)(H4,53,54,62)(H4,55,56,63)(H4,57,58,64)/t30-,31-,32-,33+,34+,35+/m1/s1. The van der Waals surface area contributed by atoms with Gasteiger partial charge in [0, 0.05) is 89.1 Å². The molecule has 0 saturated heterocycles. The van der Waals surface area contributed by atoms with Gasteiger partial charge in [-0.1, -0.05) is 13.8 Å². The van der Waals surface area contributed by atoms with E-state index in [0.717, 1.165) is 0 Å². The van der Waals surface area contributed by atoms with Crippen molar-refractivity contribution in [3.05, 3.63) is 0 Å². The third kappa shape index (κ3) is 34.0. The van der Waals surface area contributed by atoms with Crippen LogP contribution in [0.1, 0.15) is 124 Å². The number of amides is 4. The summed E-state index contributed by atoms with van der Waals surface area (Å²) in [7, 11) is 0. The molecule has 0 radical (unpaired) electrons. The van der Waals surface area contributed by atoms with Crippen LogP contribution in [0.25, 0.3) is 0 Å². The molecule has 0 unspecified atom stereocenters. The van der Waals surface area contributed by atoms with Gasteiger partial charge in [0.25, 0.3) is 0 Å². The van der Waals surface area contributed by atoms with E-state index in [1.54, 1.807) is 20.8 Å². The van der Waals surface area contributed by atoms with Gasteiger partial charge in [-0.2, -0.15) is 0 Å². The van der Waals surface area contributed by atoms with Gasteiger partial charge in [0.2, 0.25) is 23.6 Å². The van der Waals surface area contributed by atoms with Crippen molar-refractivity contribution in [2.24, 2.45) is 117 Å². The van der Waals surface area contributed by atoms with Gasteiger partial charge in [0.1, 0.15) is 0 Å². The summed E-state index contributed by atoms with van der Waals surface area (Å²) >= 11 is 0. The van der Waals surface area contributed by atoms with Crippen molar-refractivity contribution in [3.8, 4) is 0 Å². The fraction of sp³-hybridized carbons (Fsp3) is 0.702. The molecule has 430 valence electrons. The van der Waals surface area contributed by atoms with Crippen LogP contribution in [-0.2, 0) is 38.4 Å². The van der Waals surface area contributed by atoms with Crippen LogP contribution in [0.2, 0.25) is 0 Å². The van der Waals surface area contributed by atoms with Crippen LogP contribution in [0, 0.1) is 23.7 Å². The van der Waals surface area contributed by atoms with E-state index in [-0.39, 0.29) is 158 Å². The van der Waals surface area contributed by atoms with Gasteiger partial charge in [-0.3, -0.25) is 68.3 Å². The zero-order valence-corrected chi connectivity index (χ0v) is 44.9. The third-order valence-corrected chi connectivity index (χ3v) is 11.6. The quantitative estimate of drug-likeness (QED) is 0.0157. The number of hydrogen-bond acceptors (Lipinski definition) is 14. The monoisotopic (exact) mass is 1080 g/mol. The summed E-state index contributed by atoms with van der Waals surface area (Å²) in [6, 6.07) is -3.42. The Hall–Kier alpha value is -7.62. The number of nitrogens with zero attached hydrogens (tertiary/aromatic N) is 6. The second-order valence-electron chi connectivity index (χ2n) is 18.7. The lowest BCUT2D eigenvalue weighted by Crippen LogP contribution is -2.48. The molecule has 0 aromatic heterocycles. The van der Waals surface area contributed by atoms with Crippen LogP contribution in [0.5, 0.6) is 0 Å². The first-order valence-electron chi connectivity index (χ1n) is 25.5. The summed E-state index contributed by atoms with van der Waals surface area (Å²) in [6.07, 6.45) is 0.872. The van der Waals surface area contributed by atoms with Crippen molar-refractivity contribution in [2.75, 3.05) is 45.8 Å². The number of Topliss-reactive ketones (excluding diaryl/α,β-unsaturated/α-hetero) is 4. The number of nitrogens with two attached hydrogens (primary N) is 11. The van der Waals surface area contributed by atoms with Crippen molar-refractivity contribution in [1.29, 1.82) is 0 Å². The Bertz CT molecular complexity index is 2050. The first-order chi connectivity index (χ1) is 35.7. The summed E-state index contributed by atoms with van der Waals surface area (Å²) in [5.41, 5.74) is 61.0. The maximum Gasteiger partial charge on any atom is 0.224 e. The van der Waals surface area contributed by atoms with Crippen LogP contribution < -0.4 is 84.3 Å². The number of rotatable bonds is 42. The first kappa shape index (κ1) is 68.4. The second-order valence-corrected chi connectivity index (χ2v) is 18.7. The Labute approximate surface area is 445 Å². The molecule has 0 fully saturated rings. The molecule has 0 aromatic rings. The van der Waals surface area contributed by atoms with Crippen LogP contribution in [0.4, 0.5) is 0 Å². The molecule has 0 saturated carbocycles. The summed E-state index contributed by atoms with van der Waals surface area (Å²) < 4.78 is 0. The molecular formula is C47H89N21O8. The molecular weight excluding hydrogens is 987 g/mol. The number of aliphatic imine (C=N–C) groups is 6. The molecule has 0 aliphatic heterocycles. The fourth-order valence-corrected chi connectivity index (χ4v) is 7.62. The van der Waals surface area contributed by atoms with E-state index in [0.29, 0.717) is 25.2 Å². The van der Waals surface area contributed by atoms with Gasteiger partial charge >= 0.3 is 0 Å². The minimum atomic E-state index is -1.24. The largest absolute Gasteiger partial charge is 0.388 e. The molecule has 0 aromatic carbocycles. The van der Waals surface area contributed by atoms with E-state index in [9.17, 15) is 38.4 Å². The van der Waals surface area contributed by atoms with Crippen LogP contribution >= 0.6 is 0 Å². The van der Waals surface area contributed by atoms with Gasteiger partial charge in [0.05, 0.1) is 30.5 Å². The fourth-order valence-electron chi connectivity index (χ4n) is 7.62. The number of amidine groups is 1. The number of carbonyl (C=O) groups excluding carboxylic acids is 8. The predicted molar refractivity (Wildman–Crippen MR) is 295 cm³/mol. The molecule has 0 spiro atoms. The van der Waals surface area contributed by atoms with Gasteiger partial charge in [-0.15, -0.1) is 0 Å². The van der Waals surface area contributed by atoms with Crippen molar-refractivity contribution in [3.63, 3.8) is 0 Å². The van der Waals surface area contributed by atoms with Crippen LogP contribution in [-0.4, -0.2) is 146 Å². The average molecular weight is 1080 g/mol. The SMILES string of the molecule is CC(=O)N[C@@H](CCCN=C(C)N)C(=O)C[C@@H](CCCN=C(N)N)C(=O)N[C@@H](CCCN=C(N)N)C(=O)C[C@@H](CCCN=C(N)N)C(=O)N[C@@H](CCCN=C(N)N)C(=O)C[C@@H](CCCN=C(N)N)C(=O)NCC(=O)C(C)C. The highest BCUT2D eigenvalue weighted by Gasteiger charge is 2.34.